The lowest BCUT2D eigenvalue weighted by Gasteiger charge is -2.44. The molecular weight excluding hydrogens is 961 g/mol. The minimum absolute atomic E-state index is 0.0718. The van der Waals surface area contributed by atoms with Gasteiger partial charge in [-0.3, -0.25) is 27.7 Å². The Bertz CT molecular complexity index is 1580. The number of phosphoric acid groups is 3. The lowest BCUT2D eigenvalue weighted by Crippen LogP contribution is -2.65. The molecule has 22 heteroatoms. The second-order valence-electron chi connectivity index (χ2n) is 17.8. The molecule has 1 saturated carbocycles. The van der Waals surface area contributed by atoms with E-state index < -0.39 is 91.3 Å². The maximum absolute atomic E-state index is 13.1. The van der Waals surface area contributed by atoms with Crippen LogP contribution in [0, 0.1) is 0 Å². The van der Waals surface area contributed by atoms with Crippen molar-refractivity contribution >= 4 is 35.4 Å². The largest absolute Gasteiger partial charge is 0.472 e. The Kier molecular flexibility index (Phi) is 36.9. The fourth-order valence-electron chi connectivity index (χ4n) is 7.66. The quantitative estimate of drug-likeness (QED) is 0.0122. The molecule has 1 aliphatic carbocycles. The molecule has 0 saturated heterocycles. The standard InChI is InChI=1S/C47H87O19P3/c1-3-5-7-9-11-13-15-17-19-20-22-24-26-28-30-32-34-36-41(49)63-39(37-61-40(48)35-33-31-29-27-25-23-21-18-16-14-12-10-8-6-4-2)38-62-69(59,60)66-45-42(50)43(51)46(64-67(53,54)55)47(44(45)52)65-68(56,57)58/h17,19,22,24,28,30,39,42-47,50-52H,3-16,18,20-21,23,25-27,29,31-38H2,1-2H3,(H,59,60)(H2,53,54,55)(H2,56,57,58)/t39-,42?,43?,44?,45+,46?,47+/m1/s1. The topological polar surface area (TPSA) is 303 Å². The fourth-order valence-corrected chi connectivity index (χ4v) is 9.75. The van der Waals surface area contributed by atoms with Crippen LogP contribution < -0.4 is 0 Å². The number of aliphatic hydroxyl groups excluding tert-OH is 3. The summed E-state index contributed by atoms with van der Waals surface area (Å²) in [6.07, 6.45) is 24.5. The van der Waals surface area contributed by atoms with Gasteiger partial charge in [-0.15, -0.1) is 0 Å². The number of hydrogen-bond acceptors (Lipinski definition) is 14. The third kappa shape index (κ3) is 35.2. The molecule has 0 aliphatic heterocycles. The Labute approximate surface area is 410 Å². The van der Waals surface area contributed by atoms with E-state index in [2.05, 4.69) is 47.2 Å². The van der Waals surface area contributed by atoms with E-state index in [1.807, 2.05) is 12.2 Å². The van der Waals surface area contributed by atoms with Gasteiger partial charge < -0.3 is 49.3 Å². The highest BCUT2D eigenvalue weighted by Crippen LogP contribution is 2.51. The van der Waals surface area contributed by atoms with Crippen LogP contribution in [0.3, 0.4) is 0 Å². The van der Waals surface area contributed by atoms with Crippen LogP contribution in [0.25, 0.3) is 0 Å². The SMILES string of the molecule is CCCCCCCCC=CCC=CCC=CCCCC(=O)O[C@H](COC(=O)CCCCCCCCCCCCCCCCC)COP(=O)(O)O[C@H]1C(O)C(O)C(OP(=O)(O)O)[C@@H](OP(=O)(O)O)C1O. The summed E-state index contributed by atoms with van der Waals surface area (Å²) in [4.78, 5) is 73.3. The molecular formula is C47H87O19P3. The Balaban J connectivity index is 2.74. The number of ether oxygens (including phenoxy) is 2. The molecule has 1 fully saturated rings. The summed E-state index contributed by atoms with van der Waals surface area (Å²) in [5, 5.41) is 31.9. The summed E-state index contributed by atoms with van der Waals surface area (Å²) in [7, 11) is -16.6. The first-order valence-electron chi connectivity index (χ1n) is 25.3. The molecule has 69 heavy (non-hydrogen) atoms. The van der Waals surface area contributed by atoms with Gasteiger partial charge in [0.05, 0.1) is 6.61 Å². The van der Waals surface area contributed by atoms with Gasteiger partial charge in [0.15, 0.2) is 6.10 Å². The van der Waals surface area contributed by atoms with E-state index in [0.29, 0.717) is 19.3 Å². The molecule has 8 N–H and O–H groups in total. The lowest BCUT2D eigenvalue weighted by molar-refractivity contribution is -0.213. The van der Waals surface area contributed by atoms with Gasteiger partial charge in [0.25, 0.3) is 0 Å². The van der Waals surface area contributed by atoms with Crippen molar-refractivity contribution in [3.05, 3.63) is 36.5 Å². The van der Waals surface area contributed by atoms with Crippen molar-refractivity contribution in [2.45, 2.75) is 236 Å². The third-order valence-electron chi connectivity index (χ3n) is 11.4. The number of aliphatic hydroxyl groups is 3. The number of phosphoric ester groups is 3. The van der Waals surface area contributed by atoms with Crippen molar-refractivity contribution in [2.75, 3.05) is 13.2 Å². The maximum atomic E-state index is 13.1. The minimum atomic E-state index is -5.61. The molecule has 0 spiro atoms. The van der Waals surface area contributed by atoms with Gasteiger partial charge in [-0.05, 0) is 44.9 Å². The maximum Gasteiger partial charge on any atom is 0.472 e. The van der Waals surface area contributed by atoms with Gasteiger partial charge in [-0.1, -0.05) is 172 Å². The van der Waals surface area contributed by atoms with E-state index in [0.717, 1.165) is 44.9 Å². The molecule has 1 aliphatic rings. The highest BCUT2D eigenvalue weighted by molar-refractivity contribution is 7.47. The number of unbranched alkanes of at least 4 members (excludes halogenated alkanes) is 21. The van der Waals surface area contributed by atoms with Crippen molar-refractivity contribution in [3.63, 3.8) is 0 Å². The average Bonchev–Trinajstić information content (AvgIpc) is 3.28. The van der Waals surface area contributed by atoms with Gasteiger partial charge >= 0.3 is 35.4 Å². The van der Waals surface area contributed by atoms with Crippen LogP contribution in [0.4, 0.5) is 0 Å². The Morgan fingerprint density at radius 2 is 0.855 bits per heavy atom. The van der Waals surface area contributed by atoms with Crippen molar-refractivity contribution in [1.29, 1.82) is 0 Å². The Morgan fingerprint density at radius 1 is 0.464 bits per heavy atom. The second kappa shape index (κ2) is 38.9. The van der Waals surface area contributed by atoms with E-state index >= 15 is 0 Å². The highest BCUT2D eigenvalue weighted by atomic mass is 31.2. The Hall–Kier alpha value is -1.63. The summed E-state index contributed by atoms with van der Waals surface area (Å²) in [6.45, 7) is 2.92. The average molecular weight is 1050 g/mol. The smallest absolute Gasteiger partial charge is 0.462 e. The van der Waals surface area contributed by atoms with Crippen molar-refractivity contribution in [1.82, 2.24) is 0 Å². The van der Waals surface area contributed by atoms with Crippen LogP contribution in [-0.2, 0) is 50.9 Å². The number of allylic oxidation sites excluding steroid dienone is 6. The zero-order valence-electron chi connectivity index (χ0n) is 41.1. The summed E-state index contributed by atoms with van der Waals surface area (Å²) < 4.78 is 65.5. The summed E-state index contributed by atoms with van der Waals surface area (Å²) in [5.74, 6) is -1.35. The van der Waals surface area contributed by atoms with E-state index in [4.69, 9.17) is 18.5 Å². The van der Waals surface area contributed by atoms with Gasteiger partial charge in [-0.25, -0.2) is 13.7 Å². The van der Waals surface area contributed by atoms with E-state index in [9.17, 15) is 63.1 Å². The van der Waals surface area contributed by atoms with Crippen LogP contribution in [0.1, 0.15) is 194 Å². The van der Waals surface area contributed by atoms with E-state index in [-0.39, 0.29) is 12.8 Å². The van der Waals surface area contributed by atoms with Crippen LogP contribution in [0.5, 0.6) is 0 Å². The van der Waals surface area contributed by atoms with Gasteiger partial charge in [0.2, 0.25) is 0 Å². The van der Waals surface area contributed by atoms with Crippen LogP contribution in [-0.4, -0.2) is 108 Å². The first-order valence-corrected chi connectivity index (χ1v) is 29.8. The lowest BCUT2D eigenvalue weighted by atomic mass is 9.85. The molecule has 0 aromatic heterocycles. The van der Waals surface area contributed by atoms with Crippen molar-refractivity contribution in [2.24, 2.45) is 0 Å². The van der Waals surface area contributed by atoms with E-state index in [1.54, 1.807) is 0 Å². The monoisotopic (exact) mass is 1050 g/mol. The number of hydrogen-bond donors (Lipinski definition) is 8. The first kappa shape index (κ1) is 65.4. The molecule has 0 radical (unpaired) electrons. The van der Waals surface area contributed by atoms with Crippen molar-refractivity contribution < 1.29 is 90.6 Å². The molecule has 1 rings (SSSR count). The summed E-state index contributed by atoms with van der Waals surface area (Å²) >= 11 is 0. The highest BCUT2D eigenvalue weighted by Gasteiger charge is 2.56. The van der Waals surface area contributed by atoms with Gasteiger partial charge in [-0.2, -0.15) is 0 Å². The zero-order chi connectivity index (χ0) is 51.4. The number of rotatable bonds is 43. The van der Waals surface area contributed by atoms with Crippen LogP contribution in [0.2, 0.25) is 0 Å². The third-order valence-corrected chi connectivity index (χ3v) is 13.5. The number of esters is 2. The Morgan fingerprint density at radius 3 is 1.33 bits per heavy atom. The normalized spacial score (nSPS) is 21.6. The molecule has 19 nitrogen and oxygen atoms in total. The minimum Gasteiger partial charge on any atom is -0.462 e. The predicted octanol–water partition coefficient (Wildman–Crippen LogP) is 9.63. The molecule has 0 heterocycles. The molecule has 0 bridgehead atoms. The van der Waals surface area contributed by atoms with Crippen molar-refractivity contribution in [3.8, 4) is 0 Å². The zero-order valence-corrected chi connectivity index (χ0v) is 43.8. The molecule has 5 unspecified atom stereocenters. The summed E-state index contributed by atoms with van der Waals surface area (Å²) in [6, 6.07) is 0. The predicted molar refractivity (Wildman–Crippen MR) is 261 cm³/mol. The second-order valence-corrected chi connectivity index (χ2v) is 21.5. The first-order chi connectivity index (χ1) is 32.8. The molecule has 404 valence electrons. The van der Waals surface area contributed by atoms with Gasteiger partial charge in [0, 0.05) is 12.8 Å². The van der Waals surface area contributed by atoms with E-state index in [1.165, 1.54) is 103 Å². The fraction of sp³-hybridized carbons (Fsp3) is 0.830. The molecule has 0 amide bonds. The van der Waals surface area contributed by atoms with Crippen LogP contribution in [0.15, 0.2) is 36.5 Å². The van der Waals surface area contributed by atoms with Gasteiger partial charge in [0.1, 0.15) is 43.2 Å². The summed E-state index contributed by atoms with van der Waals surface area (Å²) in [5.41, 5.74) is 0. The number of carbonyl (C=O) groups is 2. The molecule has 0 aromatic rings. The molecule has 8 atom stereocenters. The molecule has 0 aromatic carbocycles. The van der Waals surface area contributed by atoms with Crippen LogP contribution >= 0.6 is 23.5 Å². The number of carbonyl (C=O) groups excluding carboxylic acids is 2.